The lowest BCUT2D eigenvalue weighted by molar-refractivity contribution is 0.625. The molecule has 0 saturated carbocycles. The van der Waals surface area contributed by atoms with Crippen LogP contribution in [0.4, 0.5) is 10.1 Å². The van der Waals surface area contributed by atoms with Crippen molar-refractivity contribution >= 4 is 17.4 Å². The lowest BCUT2D eigenvalue weighted by atomic mass is 10.1. The second kappa shape index (κ2) is 4.80. The number of rotatable bonds is 2. The molecule has 88 valence electrons. The summed E-state index contributed by atoms with van der Waals surface area (Å²) in [4.78, 5) is 1.92. The molecule has 0 amide bonds. The number of hydrogen-bond donors (Lipinski definition) is 1. The number of halogens is 1. The van der Waals surface area contributed by atoms with Crippen LogP contribution in [-0.2, 0) is 0 Å². The van der Waals surface area contributed by atoms with E-state index in [0.29, 0.717) is 5.69 Å². The molecule has 0 saturated heterocycles. The summed E-state index contributed by atoms with van der Waals surface area (Å²) in [6, 6.07) is 10.8. The monoisotopic (exact) mass is 247 g/mol. The fourth-order valence-electron chi connectivity index (χ4n) is 1.56. The molecule has 0 heterocycles. The fourth-order valence-corrected chi connectivity index (χ4v) is 2.57. The van der Waals surface area contributed by atoms with E-state index in [9.17, 15) is 4.39 Å². The van der Waals surface area contributed by atoms with Gasteiger partial charge in [-0.2, -0.15) is 0 Å². The minimum absolute atomic E-state index is 0.295. The Bertz CT molecular complexity index is 532. The van der Waals surface area contributed by atoms with Crippen LogP contribution in [0.3, 0.4) is 0 Å². The van der Waals surface area contributed by atoms with Crippen molar-refractivity contribution in [1.29, 1.82) is 0 Å². The second-order valence-electron chi connectivity index (χ2n) is 4.07. The van der Waals surface area contributed by atoms with Gasteiger partial charge in [-0.1, -0.05) is 17.8 Å². The molecule has 2 rings (SSSR count). The minimum Gasteiger partial charge on any atom is -0.399 e. The van der Waals surface area contributed by atoms with Gasteiger partial charge in [0.1, 0.15) is 5.82 Å². The molecule has 0 aliphatic heterocycles. The number of benzene rings is 2. The van der Waals surface area contributed by atoms with Gasteiger partial charge in [0.25, 0.3) is 0 Å². The highest BCUT2D eigenvalue weighted by atomic mass is 32.2. The zero-order chi connectivity index (χ0) is 12.4. The zero-order valence-electron chi connectivity index (χ0n) is 9.83. The molecule has 2 aromatic carbocycles. The highest BCUT2D eigenvalue weighted by molar-refractivity contribution is 7.99. The van der Waals surface area contributed by atoms with E-state index < -0.39 is 0 Å². The molecule has 0 atom stereocenters. The first-order valence-corrected chi connectivity index (χ1v) is 6.17. The van der Waals surface area contributed by atoms with Gasteiger partial charge in [0.2, 0.25) is 0 Å². The van der Waals surface area contributed by atoms with Gasteiger partial charge in [0, 0.05) is 15.5 Å². The van der Waals surface area contributed by atoms with Crippen LogP contribution in [0, 0.1) is 19.7 Å². The largest absolute Gasteiger partial charge is 0.399 e. The van der Waals surface area contributed by atoms with Crippen molar-refractivity contribution in [2.24, 2.45) is 0 Å². The molecule has 0 radical (unpaired) electrons. The summed E-state index contributed by atoms with van der Waals surface area (Å²) in [7, 11) is 0. The van der Waals surface area contributed by atoms with Gasteiger partial charge in [0.15, 0.2) is 0 Å². The Labute approximate surface area is 105 Å². The van der Waals surface area contributed by atoms with Crippen molar-refractivity contribution in [3.8, 4) is 0 Å². The molecule has 17 heavy (non-hydrogen) atoms. The third-order valence-corrected chi connectivity index (χ3v) is 3.57. The Morgan fingerprint density at radius 2 is 1.71 bits per heavy atom. The molecule has 0 aliphatic rings. The maximum Gasteiger partial charge on any atom is 0.126 e. The number of aryl methyl sites for hydroxylation is 2. The topological polar surface area (TPSA) is 26.0 Å². The van der Waals surface area contributed by atoms with Crippen LogP contribution in [0.1, 0.15) is 11.1 Å². The highest BCUT2D eigenvalue weighted by Crippen LogP contribution is 2.30. The van der Waals surface area contributed by atoms with Crippen molar-refractivity contribution in [3.05, 3.63) is 53.3 Å². The lowest BCUT2D eigenvalue weighted by Crippen LogP contribution is -1.87. The SMILES string of the molecule is Cc1ccc(Sc2cc(N)cc(F)c2)cc1C. The van der Waals surface area contributed by atoms with E-state index >= 15 is 0 Å². The molecule has 0 unspecified atom stereocenters. The van der Waals surface area contributed by atoms with Gasteiger partial charge < -0.3 is 5.73 Å². The third kappa shape index (κ3) is 3.01. The van der Waals surface area contributed by atoms with E-state index in [2.05, 4.69) is 26.0 Å². The quantitative estimate of drug-likeness (QED) is 0.806. The summed E-state index contributed by atoms with van der Waals surface area (Å²) in [5.41, 5.74) is 8.56. The van der Waals surface area contributed by atoms with Crippen LogP contribution in [0.5, 0.6) is 0 Å². The zero-order valence-corrected chi connectivity index (χ0v) is 10.6. The predicted molar refractivity (Wildman–Crippen MR) is 70.9 cm³/mol. The maximum absolute atomic E-state index is 13.2. The summed E-state index contributed by atoms with van der Waals surface area (Å²) in [6.45, 7) is 4.14. The molecular weight excluding hydrogens is 233 g/mol. The number of hydrogen-bond acceptors (Lipinski definition) is 2. The average Bonchev–Trinajstić information content (AvgIpc) is 2.22. The lowest BCUT2D eigenvalue weighted by Gasteiger charge is -2.06. The van der Waals surface area contributed by atoms with E-state index in [1.807, 2.05) is 6.07 Å². The summed E-state index contributed by atoms with van der Waals surface area (Å²) < 4.78 is 13.2. The van der Waals surface area contributed by atoms with Crippen molar-refractivity contribution < 1.29 is 4.39 Å². The summed E-state index contributed by atoms with van der Waals surface area (Å²) in [5, 5.41) is 0. The van der Waals surface area contributed by atoms with Gasteiger partial charge in [-0.05, 0) is 55.3 Å². The van der Waals surface area contributed by atoms with Gasteiger partial charge in [-0.15, -0.1) is 0 Å². The average molecular weight is 247 g/mol. The van der Waals surface area contributed by atoms with Crippen LogP contribution in [-0.4, -0.2) is 0 Å². The van der Waals surface area contributed by atoms with Gasteiger partial charge in [-0.3, -0.25) is 0 Å². The summed E-state index contributed by atoms with van der Waals surface area (Å²) in [5.74, 6) is -0.295. The molecule has 2 N–H and O–H groups in total. The van der Waals surface area contributed by atoms with Crippen molar-refractivity contribution in [1.82, 2.24) is 0 Å². The van der Waals surface area contributed by atoms with Crippen LogP contribution in [0.25, 0.3) is 0 Å². The third-order valence-electron chi connectivity index (χ3n) is 2.61. The maximum atomic E-state index is 13.2. The van der Waals surface area contributed by atoms with Crippen molar-refractivity contribution in [3.63, 3.8) is 0 Å². The van der Waals surface area contributed by atoms with Crippen molar-refractivity contribution in [2.75, 3.05) is 5.73 Å². The minimum atomic E-state index is -0.295. The normalized spacial score (nSPS) is 10.5. The Kier molecular flexibility index (Phi) is 3.38. The standard InChI is InChI=1S/C14H14FNS/c1-9-3-4-13(5-10(9)2)17-14-7-11(15)6-12(16)8-14/h3-8H,16H2,1-2H3. The van der Waals surface area contributed by atoms with E-state index in [0.717, 1.165) is 9.79 Å². The van der Waals surface area contributed by atoms with E-state index in [1.54, 1.807) is 6.07 Å². The molecule has 1 nitrogen and oxygen atoms in total. The molecular formula is C14H14FNS. The van der Waals surface area contributed by atoms with Crippen LogP contribution in [0.15, 0.2) is 46.2 Å². The fraction of sp³-hybridized carbons (Fsp3) is 0.143. The van der Waals surface area contributed by atoms with E-state index in [4.69, 9.17) is 5.73 Å². The second-order valence-corrected chi connectivity index (χ2v) is 5.22. The van der Waals surface area contributed by atoms with Crippen LogP contribution >= 0.6 is 11.8 Å². The predicted octanol–water partition coefficient (Wildman–Crippen LogP) is 4.18. The van der Waals surface area contributed by atoms with Gasteiger partial charge >= 0.3 is 0 Å². The molecule has 0 spiro atoms. The van der Waals surface area contributed by atoms with Gasteiger partial charge in [0.05, 0.1) is 0 Å². The number of nitrogen functional groups attached to an aromatic ring is 1. The molecule has 0 bridgehead atoms. The van der Waals surface area contributed by atoms with E-state index in [1.165, 1.54) is 35.0 Å². The molecule has 0 fully saturated rings. The van der Waals surface area contributed by atoms with E-state index in [-0.39, 0.29) is 5.82 Å². The molecule has 0 aliphatic carbocycles. The molecule has 2 aromatic rings. The van der Waals surface area contributed by atoms with Gasteiger partial charge in [-0.25, -0.2) is 4.39 Å². The molecule has 0 aromatic heterocycles. The number of anilines is 1. The smallest absolute Gasteiger partial charge is 0.126 e. The summed E-state index contributed by atoms with van der Waals surface area (Å²) in [6.07, 6.45) is 0. The Hall–Kier alpha value is -1.48. The van der Waals surface area contributed by atoms with Crippen LogP contribution < -0.4 is 5.73 Å². The number of nitrogens with two attached hydrogens (primary N) is 1. The highest BCUT2D eigenvalue weighted by Gasteiger charge is 2.02. The Morgan fingerprint density at radius 3 is 2.35 bits per heavy atom. The Balaban J connectivity index is 2.28. The first-order chi connectivity index (χ1) is 8.04. The van der Waals surface area contributed by atoms with Crippen molar-refractivity contribution in [2.45, 2.75) is 23.6 Å². The Morgan fingerprint density at radius 1 is 0.941 bits per heavy atom. The summed E-state index contributed by atoms with van der Waals surface area (Å²) >= 11 is 1.52. The first kappa shape index (κ1) is 12.0. The molecule has 3 heteroatoms. The van der Waals surface area contributed by atoms with Crippen LogP contribution in [0.2, 0.25) is 0 Å². The first-order valence-electron chi connectivity index (χ1n) is 5.36.